The molecule has 35 heavy (non-hydrogen) atoms. The highest BCUT2D eigenvalue weighted by Crippen LogP contribution is 2.50. The van der Waals surface area contributed by atoms with Gasteiger partial charge in [0.2, 0.25) is 0 Å². The minimum atomic E-state index is -4.84. The average Bonchev–Trinajstić information content (AvgIpc) is 3.23. The topological polar surface area (TPSA) is 80.7 Å². The van der Waals surface area contributed by atoms with Crippen LogP contribution in [-0.4, -0.2) is 44.5 Å². The van der Waals surface area contributed by atoms with Crippen LogP contribution in [0.5, 0.6) is 0 Å². The highest BCUT2D eigenvalue weighted by Gasteiger charge is 2.62. The number of fused-ring (bicyclic) bond motifs is 1. The molecule has 3 aromatic rings. The standard InChI is InChI=1S/C23H16Cl2F3N3O3S/c24-13-6-12(7-14(25)8-13)22(23(26,27)28)9-19(31-34-22)18-4-3-17(16-2-1-5-29-20(16)18)21(32)30-15-10-35(33)11-15/h1-8,15H,9-11H2,(H,30,32). The van der Waals surface area contributed by atoms with Crippen molar-refractivity contribution in [2.75, 3.05) is 11.5 Å². The maximum atomic E-state index is 14.4. The Kier molecular flexibility index (Phi) is 6.01. The maximum Gasteiger partial charge on any atom is 0.435 e. The zero-order valence-electron chi connectivity index (χ0n) is 17.7. The quantitative estimate of drug-likeness (QED) is 0.504. The Morgan fingerprint density at radius 2 is 1.86 bits per heavy atom. The van der Waals surface area contributed by atoms with Crippen LogP contribution in [0.2, 0.25) is 10.0 Å². The third-order valence-corrected chi connectivity index (χ3v) is 7.93. The monoisotopic (exact) mass is 541 g/mol. The number of hydrogen-bond donors (Lipinski definition) is 1. The zero-order valence-corrected chi connectivity index (χ0v) is 20.1. The van der Waals surface area contributed by atoms with Crippen LogP contribution in [0.4, 0.5) is 13.2 Å². The zero-order chi connectivity index (χ0) is 25.0. The summed E-state index contributed by atoms with van der Waals surface area (Å²) >= 11 is 11.9. The Labute approximate surface area is 209 Å². The third-order valence-electron chi connectivity index (χ3n) is 5.95. The lowest BCUT2D eigenvalue weighted by molar-refractivity contribution is -0.275. The highest BCUT2D eigenvalue weighted by atomic mass is 35.5. The Hall–Kier alpha value is -2.69. The second-order valence-electron chi connectivity index (χ2n) is 8.29. The third kappa shape index (κ3) is 4.28. The van der Waals surface area contributed by atoms with Crippen molar-refractivity contribution in [2.24, 2.45) is 5.16 Å². The number of pyridine rings is 1. The van der Waals surface area contributed by atoms with Crippen LogP contribution < -0.4 is 5.32 Å². The van der Waals surface area contributed by atoms with Gasteiger partial charge in [-0.05, 0) is 30.3 Å². The van der Waals surface area contributed by atoms with Gasteiger partial charge < -0.3 is 10.2 Å². The van der Waals surface area contributed by atoms with E-state index in [2.05, 4.69) is 15.5 Å². The first-order valence-corrected chi connectivity index (χ1v) is 12.6. The minimum Gasteiger partial charge on any atom is -0.374 e. The summed E-state index contributed by atoms with van der Waals surface area (Å²) in [6, 6.07) is 9.74. The molecule has 2 aromatic carbocycles. The van der Waals surface area contributed by atoms with Crippen molar-refractivity contribution in [3.63, 3.8) is 0 Å². The summed E-state index contributed by atoms with van der Waals surface area (Å²) < 4.78 is 54.4. The molecule has 1 fully saturated rings. The van der Waals surface area contributed by atoms with Gasteiger partial charge >= 0.3 is 6.18 Å². The normalized spacial score (nSPS) is 24.0. The molecule has 1 unspecified atom stereocenters. The van der Waals surface area contributed by atoms with Crippen LogP contribution in [-0.2, 0) is 21.2 Å². The van der Waals surface area contributed by atoms with E-state index in [1.165, 1.54) is 24.4 Å². The summed E-state index contributed by atoms with van der Waals surface area (Å²) in [6.45, 7) is 0. The Morgan fingerprint density at radius 3 is 2.51 bits per heavy atom. The minimum absolute atomic E-state index is 0.0171. The van der Waals surface area contributed by atoms with Crippen molar-refractivity contribution < 1.29 is 27.0 Å². The fraction of sp³-hybridized carbons (Fsp3) is 0.261. The smallest absolute Gasteiger partial charge is 0.374 e. The molecule has 182 valence electrons. The number of oxime groups is 1. The first-order valence-electron chi connectivity index (χ1n) is 10.4. The number of carbonyl (C=O) groups is 1. The molecule has 12 heteroatoms. The van der Waals surface area contributed by atoms with E-state index in [0.717, 1.165) is 12.1 Å². The van der Waals surface area contributed by atoms with Crippen LogP contribution >= 0.6 is 23.2 Å². The number of nitrogens with zero attached hydrogens (tertiary/aromatic N) is 2. The number of carbonyl (C=O) groups excluding carboxylic acids is 1. The number of benzene rings is 2. The first kappa shape index (κ1) is 24.0. The van der Waals surface area contributed by atoms with Gasteiger partial charge in [-0.1, -0.05) is 40.5 Å². The summed E-state index contributed by atoms with van der Waals surface area (Å²) in [6.07, 6.45) is -4.00. The molecule has 0 spiro atoms. The molecule has 0 saturated carbocycles. The van der Waals surface area contributed by atoms with E-state index < -0.39 is 29.0 Å². The van der Waals surface area contributed by atoms with Crippen molar-refractivity contribution in [1.29, 1.82) is 0 Å². The number of hydrogen-bond acceptors (Lipinski definition) is 5. The van der Waals surface area contributed by atoms with Crippen LogP contribution in [0.25, 0.3) is 10.9 Å². The Morgan fingerprint density at radius 1 is 1.14 bits per heavy atom. The molecule has 1 aromatic heterocycles. The van der Waals surface area contributed by atoms with Gasteiger partial charge in [-0.15, -0.1) is 0 Å². The molecule has 0 bridgehead atoms. The highest BCUT2D eigenvalue weighted by molar-refractivity contribution is 7.86. The lowest BCUT2D eigenvalue weighted by atomic mass is 9.86. The number of halogens is 5. The fourth-order valence-corrected chi connectivity index (χ4v) is 5.68. The molecule has 0 radical (unpaired) electrons. The lowest BCUT2D eigenvalue weighted by Gasteiger charge is -2.29. The molecule has 6 nitrogen and oxygen atoms in total. The van der Waals surface area contributed by atoms with Gasteiger partial charge in [-0.3, -0.25) is 14.0 Å². The summed E-state index contributed by atoms with van der Waals surface area (Å²) in [5.74, 6) is 0.404. The van der Waals surface area contributed by atoms with Crippen LogP contribution in [0.15, 0.2) is 53.8 Å². The van der Waals surface area contributed by atoms with E-state index in [1.54, 1.807) is 12.1 Å². The van der Waals surface area contributed by atoms with Crippen molar-refractivity contribution in [3.05, 3.63) is 75.4 Å². The first-order chi connectivity index (χ1) is 16.6. The van der Waals surface area contributed by atoms with Crippen LogP contribution in [0.1, 0.15) is 27.9 Å². The SMILES string of the molecule is O=C(NC1CS(=O)C1)c1ccc(C2=NOC(c3cc(Cl)cc(Cl)c3)(C(F)(F)F)C2)c2ncccc12. The van der Waals surface area contributed by atoms with E-state index in [0.29, 0.717) is 33.5 Å². The largest absolute Gasteiger partial charge is 0.435 e. The Bertz CT molecular complexity index is 1390. The number of nitrogens with one attached hydrogen (secondary N) is 1. The molecule has 5 rings (SSSR count). The van der Waals surface area contributed by atoms with E-state index in [-0.39, 0.29) is 33.3 Å². The Balaban J connectivity index is 1.52. The molecule has 3 heterocycles. The van der Waals surface area contributed by atoms with Gasteiger partial charge in [0, 0.05) is 60.6 Å². The van der Waals surface area contributed by atoms with Crippen molar-refractivity contribution in [1.82, 2.24) is 10.3 Å². The summed E-state index contributed by atoms with van der Waals surface area (Å²) in [5, 5.41) is 7.13. The van der Waals surface area contributed by atoms with E-state index >= 15 is 0 Å². The van der Waals surface area contributed by atoms with Gasteiger partial charge in [-0.2, -0.15) is 13.2 Å². The van der Waals surface area contributed by atoms with Gasteiger partial charge in [0.05, 0.1) is 23.7 Å². The predicted molar refractivity (Wildman–Crippen MR) is 127 cm³/mol. The van der Waals surface area contributed by atoms with E-state index in [1.807, 2.05) is 0 Å². The van der Waals surface area contributed by atoms with Crippen LogP contribution in [0.3, 0.4) is 0 Å². The van der Waals surface area contributed by atoms with Crippen molar-refractivity contribution >= 4 is 56.5 Å². The number of rotatable bonds is 4. The molecular formula is C23H16Cl2F3N3O3S. The average molecular weight is 542 g/mol. The van der Waals surface area contributed by atoms with E-state index in [4.69, 9.17) is 28.0 Å². The molecule has 1 saturated heterocycles. The molecule has 1 N–H and O–H groups in total. The second kappa shape index (κ2) is 8.76. The van der Waals surface area contributed by atoms with Gasteiger partial charge in [0.15, 0.2) is 0 Å². The van der Waals surface area contributed by atoms with Gasteiger partial charge in [0.25, 0.3) is 11.5 Å². The van der Waals surface area contributed by atoms with Crippen LogP contribution in [0, 0.1) is 0 Å². The van der Waals surface area contributed by atoms with Crippen molar-refractivity contribution in [2.45, 2.75) is 24.2 Å². The molecule has 2 aliphatic rings. The summed E-state index contributed by atoms with van der Waals surface area (Å²) in [7, 11) is -0.926. The summed E-state index contributed by atoms with van der Waals surface area (Å²) in [5.41, 5.74) is -2.12. The van der Waals surface area contributed by atoms with Gasteiger partial charge in [-0.25, -0.2) is 0 Å². The maximum absolute atomic E-state index is 14.4. The number of amides is 1. The molecule has 0 aliphatic carbocycles. The van der Waals surface area contributed by atoms with E-state index in [9.17, 15) is 22.2 Å². The second-order valence-corrected chi connectivity index (χ2v) is 10.7. The summed E-state index contributed by atoms with van der Waals surface area (Å²) in [4.78, 5) is 22.2. The lowest BCUT2D eigenvalue weighted by Crippen LogP contribution is -2.50. The predicted octanol–water partition coefficient (Wildman–Crippen LogP) is 4.98. The number of aromatic nitrogens is 1. The molecule has 1 atom stereocenters. The van der Waals surface area contributed by atoms with Gasteiger partial charge in [0.1, 0.15) is 0 Å². The molecular weight excluding hydrogens is 526 g/mol. The van der Waals surface area contributed by atoms with Crippen molar-refractivity contribution in [3.8, 4) is 0 Å². The molecule has 2 aliphatic heterocycles. The molecule has 1 amide bonds. The number of alkyl halides is 3. The fourth-order valence-electron chi connectivity index (χ4n) is 4.19.